The second-order valence-corrected chi connectivity index (χ2v) is 4.22. The second kappa shape index (κ2) is 4.84. The number of thioether (sulfide) groups is 1. The van der Waals surface area contributed by atoms with Crippen LogP contribution in [0.2, 0.25) is 0 Å². The average molecular weight is 247 g/mol. The Morgan fingerprint density at radius 1 is 1.59 bits per heavy atom. The molecule has 17 heavy (non-hydrogen) atoms. The predicted octanol–water partition coefficient (Wildman–Crippen LogP) is 1.52. The van der Waals surface area contributed by atoms with Gasteiger partial charge in [0.2, 0.25) is 0 Å². The Bertz CT molecular complexity index is 574. The molecule has 2 heterocycles. The number of nitrogens with two attached hydrogens (primary N) is 1. The molecule has 0 atom stereocenters. The van der Waals surface area contributed by atoms with E-state index in [4.69, 9.17) is 15.5 Å². The first-order valence-corrected chi connectivity index (χ1v) is 5.75. The lowest BCUT2D eigenvalue weighted by Gasteiger charge is -1.99. The van der Waals surface area contributed by atoms with Crippen LogP contribution in [-0.2, 0) is 5.75 Å². The van der Waals surface area contributed by atoms with Gasteiger partial charge in [0.15, 0.2) is 5.16 Å². The van der Waals surface area contributed by atoms with Crippen LogP contribution >= 0.6 is 11.8 Å². The molecule has 0 spiro atoms. The number of hydrogen-bond donors (Lipinski definition) is 1. The van der Waals surface area contributed by atoms with Crippen LogP contribution in [0.25, 0.3) is 0 Å². The van der Waals surface area contributed by atoms with Gasteiger partial charge in [-0.2, -0.15) is 5.26 Å². The summed E-state index contributed by atoms with van der Waals surface area (Å²) in [5, 5.41) is 13.0. The van der Waals surface area contributed by atoms with Crippen molar-refractivity contribution in [1.82, 2.24) is 15.1 Å². The predicted molar refractivity (Wildman–Crippen MR) is 62.0 cm³/mol. The van der Waals surface area contributed by atoms with Crippen molar-refractivity contribution in [2.75, 3.05) is 5.73 Å². The normalized spacial score (nSPS) is 10.1. The largest absolute Gasteiger partial charge is 0.382 e. The summed E-state index contributed by atoms with van der Waals surface area (Å²) < 4.78 is 4.94. The molecule has 0 aliphatic carbocycles. The molecule has 86 valence electrons. The van der Waals surface area contributed by atoms with Gasteiger partial charge in [-0.05, 0) is 6.92 Å². The highest BCUT2D eigenvalue weighted by Crippen LogP contribution is 2.20. The lowest BCUT2D eigenvalue weighted by molar-refractivity contribution is 0.393. The lowest BCUT2D eigenvalue weighted by atomic mass is 10.3. The van der Waals surface area contributed by atoms with Crippen LogP contribution in [0.3, 0.4) is 0 Å². The molecule has 0 radical (unpaired) electrons. The third kappa shape index (κ3) is 2.73. The van der Waals surface area contributed by atoms with Crippen LogP contribution in [-0.4, -0.2) is 15.1 Å². The highest BCUT2D eigenvalue weighted by molar-refractivity contribution is 7.98. The number of anilines is 1. The summed E-state index contributed by atoms with van der Waals surface area (Å²) in [5.74, 6) is 1.56. The van der Waals surface area contributed by atoms with E-state index < -0.39 is 0 Å². The van der Waals surface area contributed by atoms with E-state index in [-0.39, 0.29) is 11.4 Å². The Morgan fingerprint density at radius 3 is 3.00 bits per heavy atom. The standard InChI is InChI=1S/C10H9N5OS/c1-6-2-8(15-16-6)5-17-10-13-4-7(3-11)9(12)14-10/h2,4H,5H2,1H3,(H2,12,13,14). The number of nitrogens with zero attached hydrogens (tertiary/aromatic N) is 4. The third-order valence-electron chi connectivity index (χ3n) is 1.94. The SMILES string of the molecule is Cc1cc(CSc2ncc(C#N)c(N)n2)no1. The molecule has 0 aromatic carbocycles. The van der Waals surface area contributed by atoms with Crippen molar-refractivity contribution >= 4 is 17.6 Å². The van der Waals surface area contributed by atoms with Crippen LogP contribution in [0.1, 0.15) is 17.0 Å². The van der Waals surface area contributed by atoms with Crippen molar-refractivity contribution in [3.05, 3.63) is 29.3 Å². The van der Waals surface area contributed by atoms with Gasteiger partial charge in [-0.15, -0.1) is 0 Å². The van der Waals surface area contributed by atoms with Gasteiger partial charge in [-0.1, -0.05) is 16.9 Å². The highest BCUT2D eigenvalue weighted by Gasteiger charge is 2.06. The molecule has 0 amide bonds. The van der Waals surface area contributed by atoms with Gasteiger partial charge in [0.1, 0.15) is 23.2 Å². The van der Waals surface area contributed by atoms with E-state index in [0.717, 1.165) is 11.5 Å². The smallest absolute Gasteiger partial charge is 0.189 e. The first-order valence-electron chi connectivity index (χ1n) is 4.76. The second-order valence-electron chi connectivity index (χ2n) is 3.28. The lowest BCUT2D eigenvalue weighted by Crippen LogP contribution is -1.98. The van der Waals surface area contributed by atoms with Gasteiger partial charge in [0.25, 0.3) is 0 Å². The minimum atomic E-state index is 0.196. The Hall–Kier alpha value is -2.07. The number of aryl methyl sites for hydroxylation is 1. The fraction of sp³-hybridized carbons (Fsp3) is 0.200. The van der Waals surface area contributed by atoms with Gasteiger partial charge in [0.05, 0.1) is 11.9 Å². The maximum atomic E-state index is 8.68. The zero-order valence-electron chi connectivity index (χ0n) is 9.04. The van der Waals surface area contributed by atoms with E-state index >= 15 is 0 Å². The minimum Gasteiger partial charge on any atom is -0.382 e. The molecule has 0 bridgehead atoms. The summed E-state index contributed by atoms with van der Waals surface area (Å²) in [5.41, 5.74) is 6.69. The molecule has 2 rings (SSSR count). The number of rotatable bonds is 3. The first kappa shape index (κ1) is 11.4. The first-order chi connectivity index (χ1) is 8.19. The maximum Gasteiger partial charge on any atom is 0.189 e. The van der Waals surface area contributed by atoms with Crippen LogP contribution < -0.4 is 5.73 Å². The van der Waals surface area contributed by atoms with E-state index in [1.807, 2.05) is 19.1 Å². The Kier molecular flexibility index (Phi) is 3.25. The molecule has 2 aromatic heterocycles. The number of nitrogen functional groups attached to an aromatic ring is 1. The topological polar surface area (TPSA) is 102 Å². The zero-order chi connectivity index (χ0) is 12.3. The van der Waals surface area contributed by atoms with Crippen LogP contribution in [0, 0.1) is 18.3 Å². The van der Waals surface area contributed by atoms with Gasteiger partial charge in [-0.3, -0.25) is 0 Å². The maximum absolute atomic E-state index is 8.68. The zero-order valence-corrected chi connectivity index (χ0v) is 9.86. The van der Waals surface area contributed by atoms with Gasteiger partial charge in [-0.25, -0.2) is 9.97 Å². The molecule has 2 aromatic rings. The summed E-state index contributed by atoms with van der Waals surface area (Å²) in [7, 11) is 0. The Balaban J connectivity index is 2.05. The van der Waals surface area contributed by atoms with Crippen LogP contribution in [0.5, 0.6) is 0 Å². The van der Waals surface area contributed by atoms with E-state index in [1.54, 1.807) is 0 Å². The number of aromatic nitrogens is 3. The fourth-order valence-corrected chi connectivity index (χ4v) is 1.86. The molecular formula is C10H9N5OS. The third-order valence-corrected chi connectivity index (χ3v) is 2.84. The summed E-state index contributed by atoms with van der Waals surface area (Å²) in [6, 6.07) is 3.76. The molecule has 7 heteroatoms. The molecule has 0 saturated heterocycles. The van der Waals surface area contributed by atoms with Crippen molar-refractivity contribution in [1.29, 1.82) is 5.26 Å². The van der Waals surface area contributed by atoms with E-state index in [9.17, 15) is 0 Å². The van der Waals surface area contributed by atoms with Crippen LogP contribution in [0.15, 0.2) is 21.9 Å². The monoisotopic (exact) mass is 247 g/mol. The van der Waals surface area contributed by atoms with E-state index in [1.165, 1.54) is 18.0 Å². The quantitative estimate of drug-likeness (QED) is 0.648. The summed E-state index contributed by atoms with van der Waals surface area (Å²) in [6.07, 6.45) is 1.42. The van der Waals surface area contributed by atoms with Crippen molar-refractivity contribution in [2.45, 2.75) is 17.8 Å². The summed E-state index contributed by atoms with van der Waals surface area (Å²) in [4.78, 5) is 8.04. The van der Waals surface area contributed by atoms with Crippen molar-refractivity contribution in [3.8, 4) is 6.07 Å². The Morgan fingerprint density at radius 2 is 2.41 bits per heavy atom. The van der Waals surface area contributed by atoms with Crippen LogP contribution in [0.4, 0.5) is 5.82 Å². The molecular weight excluding hydrogens is 238 g/mol. The molecule has 2 N–H and O–H groups in total. The molecule has 0 unspecified atom stereocenters. The summed E-state index contributed by atoms with van der Waals surface area (Å²) in [6.45, 7) is 1.83. The molecule has 0 aliphatic heterocycles. The van der Waals surface area contributed by atoms with Crippen molar-refractivity contribution < 1.29 is 4.52 Å². The fourth-order valence-electron chi connectivity index (χ4n) is 1.16. The van der Waals surface area contributed by atoms with Gasteiger partial charge in [0, 0.05) is 11.8 Å². The minimum absolute atomic E-state index is 0.196. The van der Waals surface area contributed by atoms with Gasteiger partial charge < -0.3 is 10.3 Å². The molecule has 0 saturated carbocycles. The van der Waals surface area contributed by atoms with E-state index in [2.05, 4.69) is 15.1 Å². The Labute approximate surface area is 102 Å². The summed E-state index contributed by atoms with van der Waals surface area (Å²) >= 11 is 1.39. The van der Waals surface area contributed by atoms with Crippen molar-refractivity contribution in [2.24, 2.45) is 0 Å². The van der Waals surface area contributed by atoms with Crippen molar-refractivity contribution in [3.63, 3.8) is 0 Å². The number of hydrogen-bond acceptors (Lipinski definition) is 7. The van der Waals surface area contributed by atoms with E-state index in [0.29, 0.717) is 10.9 Å². The number of nitriles is 1. The molecule has 0 aliphatic rings. The van der Waals surface area contributed by atoms with Gasteiger partial charge >= 0.3 is 0 Å². The highest BCUT2D eigenvalue weighted by atomic mass is 32.2. The molecule has 0 fully saturated rings. The average Bonchev–Trinajstić information content (AvgIpc) is 2.73. The molecule has 6 nitrogen and oxygen atoms in total.